The Bertz CT molecular complexity index is 874. The molecule has 138 valence electrons. The van der Waals surface area contributed by atoms with Gasteiger partial charge in [0.15, 0.2) is 0 Å². The van der Waals surface area contributed by atoms with Gasteiger partial charge < -0.3 is 10.4 Å². The average Bonchev–Trinajstić information content (AvgIpc) is 2.63. The summed E-state index contributed by atoms with van der Waals surface area (Å²) in [6.45, 7) is 1.81. The minimum Gasteiger partial charge on any atom is -0.383 e. The van der Waals surface area contributed by atoms with E-state index in [1.54, 1.807) is 36.5 Å². The number of pyridine rings is 1. The number of hydrogen-bond acceptors (Lipinski definition) is 5. The molecule has 2 heterocycles. The summed E-state index contributed by atoms with van der Waals surface area (Å²) in [7, 11) is -3.65. The number of anilines is 1. The zero-order valence-electron chi connectivity index (χ0n) is 14.4. The molecule has 1 aromatic heterocycles. The summed E-state index contributed by atoms with van der Waals surface area (Å²) in [5.41, 5.74) is -0.000874. The van der Waals surface area contributed by atoms with E-state index in [0.29, 0.717) is 11.4 Å². The van der Waals surface area contributed by atoms with E-state index in [-0.39, 0.29) is 36.7 Å². The van der Waals surface area contributed by atoms with Crippen LogP contribution in [0.4, 0.5) is 5.69 Å². The van der Waals surface area contributed by atoms with Crippen molar-refractivity contribution in [1.82, 2.24) is 9.29 Å². The van der Waals surface area contributed by atoms with Crippen molar-refractivity contribution in [3.63, 3.8) is 0 Å². The minimum absolute atomic E-state index is 0.162. The lowest BCUT2D eigenvalue weighted by atomic mass is 9.89. The van der Waals surface area contributed by atoms with Crippen LogP contribution in [0.25, 0.3) is 0 Å². The number of rotatable bonds is 4. The summed E-state index contributed by atoms with van der Waals surface area (Å²) in [5.74, 6) is -0.217. The highest BCUT2D eigenvalue weighted by Gasteiger charge is 2.39. The summed E-state index contributed by atoms with van der Waals surface area (Å²) in [6, 6.07) is 11.4. The minimum atomic E-state index is -3.65. The first-order valence-electron chi connectivity index (χ1n) is 8.33. The van der Waals surface area contributed by atoms with Crippen molar-refractivity contribution in [3.05, 3.63) is 54.4 Å². The molecule has 0 bridgehead atoms. The molecular weight excluding hydrogens is 354 g/mol. The molecule has 1 amide bonds. The number of aromatic nitrogens is 1. The Morgan fingerprint density at radius 2 is 1.81 bits per heavy atom. The first-order chi connectivity index (χ1) is 12.3. The molecule has 2 aromatic rings. The number of nitrogens with one attached hydrogen (secondary N) is 1. The zero-order valence-corrected chi connectivity index (χ0v) is 15.2. The second kappa shape index (κ2) is 7.14. The van der Waals surface area contributed by atoms with Gasteiger partial charge in [-0.15, -0.1) is 0 Å². The van der Waals surface area contributed by atoms with Crippen molar-refractivity contribution in [2.24, 2.45) is 0 Å². The summed E-state index contributed by atoms with van der Waals surface area (Å²) < 4.78 is 27.0. The van der Waals surface area contributed by atoms with Crippen LogP contribution in [0.5, 0.6) is 0 Å². The maximum Gasteiger partial charge on any atom is 0.243 e. The number of carbonyl (C=O) groups excluding carboxylic acids is 1. The quantitative estimate of drug-likeness (QED) is 0.847. The van der Waals surface area contributed by atoms with Gasteiger partial charge in [0.25, 0.3) is 0 Å². The van der Waals surface area contributed by atoms with Crippen LogP contribution in [0.2, 0.25) is 0 Å². The fourth-order valence-corrected chi connectivity index (χ4v) is 4.49. The third kappa shape index (κ3) is 3.77. The van der Waals surface area contributed by atoms with E-state index in [4.69, 9.17) is 0 Å². The Balaban J connectivity index is 1.73. The van der Waals surface area contributed by atoms with Gasteiger partial charge >= 0.3 is 0 Å². The van der Waals surface area contributed by atoms with Crippen molar-refractivity contribution < 1.29 is 18.3 Å². The predicted octanol–water partition coefficient (Wildman–Crippen LogP) is 1.71. The molecule has 0 spiro atoms. The number of piperidine rings is 1. The van der Waals surface area contributed by atoms with Gasteiger partial charge in [-0.1, -0.05) is 6.07 Å². The van der Waals surface area contributed by atoms with Crippen LogP contribution in [0.15, 0.2) is 53.6 Å². The first kappa shape index (κ1) is 18.5. The van der Waals surface area contributed by atoms with Gasteiger partial charge in [-0.25, -0.2) is 8.42 Å². The van der Waals surface area contributed by atoms with Crippen molar-refractivity contribution in [3.8, 4) is 0 Å². The van der Waals surface area contributed by atoms with E-state index in [1.807, 2.05) is 0 Å². The number of benzene rings is 1. The van der Waals surface area contributed by atoms with Crippen molar-refractivity contribution >= 4 is 21.6 Å². The topological polar surface area (TPSA) is 99.6 Å². The molecule has 8 heteroatoms. The Labute approximate surface area is 152 Å². The third-order valence-corrected chi connectivity index (χ3v) is 6.42. The van der Waals surface area contributed by atoms with Crippen LogP contribution in [0, 0.1) is 0 Å². The Morgan fingerprint density at radius 3 is 2.35 bits per heavy atom. The second-order valence-electron chi connectivity index (χ2n) is 6.36. The predicted molar refractivity (Wildman–Crippen MR) is 96.9 cm³/mol. The number of carbonyl (C=O) groups is 1. The summed E-state index contributed by atoms with van der Waals surface area (Å²) in [4.78, 5) is 15.4. The third-order valence-electron chi connectivity index (χ3n) is 4.50. The molecule has 7 nitrogen and oxygen atoms in total. The molecule has 0 atom stereocenters. The van der Waals surface area contributed by atoms with Crippen LogP contribution >= 0.6 is 0 Å². The molecule has 0 unspecified atom stereocenters. The van der Waals surface area contributed by atoms with Crippen molar-refractivity contribution in [1.29, 1.82) is 0 Å². The maximum atomic E-state index is 12.8. The summed E-state index contributed by atoms with van der Waals surface area (Å²) in [5, 5.41) is 13.4. The Kier molecular flexibility index (Phi) is 5.08. The maximum absolute atomic E-state index is 12.8. The summed E-state index contributed by atoms with van der Waals surface area (Å²) >= 11 is 0. The number of sulfonamides is 1. The monoisotopic (exact) mass is 375 g/mol. The highest BCUT2D eigenvalue weighted by molar-refractivity contribution is 7.89. The smallest absolute Gasteiger partial charge is 0.243 e. The molecule has 1 saturated heterocycles. The zero-order chi connectivity index (χ0) is 18.8. The fraction of sp³-hybridized carbons (Fsp3) is 0.333. The SMILES string of the molecule is CC(=O)Nc1ccc(S(=O)(=O)N2CCC(O)(c3ccccn3)CC2)cc1. The molecule has 26 heavy (non-hydrogen) atoms. The van der Waals surface area contributed by atoms with Crippen LogP contribution < -0.4 is 5.32 Å². The van der Waals surface area contributed by atoms with E-state index in [9.17, 15) is 18.3 Å². The van der Waals surface area contributed by atoms with Gasteiger partial charge in [0, 0.05) is 31.9 Å². The van der Waals surface area contributed by atoms with Gasteiger partial charge in [-0.2, -0.15) is 4.31 Å². The van der Waals surface area contributed by atoms with Gasteiger partial charge in [0.2, 0.25) is 15.9 Å². The number of hydrogen-bond donors (Lipinski definition) is 2. The lowest BCUT2D eigenvalue weighted by molar-refractivity contribution is -0.114. The van der Waals surface area contributed by atoms with Crippen LogP contribution in [0.3, 0.4) is 0 Å². The van der Waals surface area contributed by atoms with E-state index in [1.165, 1.54) is 23.4 Å². The molecule has 0 saturated carbocycles. The molecule has 0 aliphatic carbocycles. The number of amides is 1. The first-order valence-corrected chi connectivity index (χ1v) is 9.77. The lowest BCUT2D eigenvalue weighted by Crippen LogP contribution is -2.45. The highest BCUT2D eigenvalue weighted by Crippen LogP contribution is 2.33. The molecule has 1 aromatic carbocycles. The molecule has 2 N–H and O–H groups in total. The van der Waals surface area contributed by atoms with Gasteiger partial charge in [-0.05, 0) is 49.2 Å². The van der Waals surface area contributed by atoms with E-state index >= 15 is 0 Å². The normalized spacial score (nSPS) is 17.6. The van der Waals surface area contributed by atoms with E-state index in [0.717, 1.165) is 0 Å². The lowest BCUT2D eigenvalue weighted by Gasteiger charge is -2.37. The standard InChI is InChI=1S/C18H21N3O4S/c1-14(22)20-15-5-7-16(8-6-15)26(24,25)21-12-9-18(23,10-13-21)17-4-2-3-11-19-17/h2-8,11,23H,9-10,12-13H2,1H3,(H,20,22). The molecule has 0 radical (unpaired) electrons. The molecule has 1 aliphatic heterocycles. The molecular formula is C18H21N3O4S. The highest BCUT2D eigenvalue weighted by atomic mass is 32.2. The van der Waals surface area contributed by atoms with Gasteiger partial charge in [0.05, 0.1) is 10.6 Å². The molecule has 1 aliphatic rings. The number of nitrogens with zero attached hydrogens (tertiary/aromatic N) is 2. The summed E-state index contributed by atoms with van der Waals surface area (Å²) in [6.07, 6.45) is 2.19. The fourth-order valence-electron chi connectivity index (χ4n) is 3.05. The second-order valence-corrected chi connectivity index (χ2v) is 8.29. The van der Waals surface area contributed by atoms with Gasteiger partial charge in [-0.3, -0.25) is 9.78 Å². The van der Waals surface area contributed by atoms with Crippen molar-refractivity contribution in [2.75, 3.05) is 18.4 Å². The van der Waals surface area contributed by atoms with Crippen LogP contribution in [-0.4, -0.2) is 41.8 Å². The van der Waals surface area contributed by atoms with Gasteiger partial charge in [0.1, 0.15) is 5.60 Å². The molecule has 3 rings (SSSR count). The Morgan fingerprint density at radius 1 is 1.15 bits per heavy atom. The largest absolute Gasteiger partial charge is 0.383 e. The average molecular weight is 375 g/mol. The van der Waals surface area contributed by atoms with Crippen molar-refractivity contribution in [2.45, 2.75) is 30.3 Å². The number of aliphatic hydroxyl groups is 1. The van der Waals surface area contributed by atoms with E-state index < -0.39 is 15.6 Å². The van der Waals surface area contributed by atoms with Crippen LogP contribution in [-0.2, 0) is 20.4 Å². The van der Waals surface area contributed by atoms with Crippen LogP contribution in [0.1, 0.15) is 25.5 Å². The Hall–Kier alpha value is -2.29. The molecule has 1 fully saturated rings. The van der Waals surface area contributed by atoms with E-state index in [2.05, 4.69) is 10.3 Å².